The summed E-state index contributed by atoms with van der Waals surface area (Å²) in [6, 6.07) is 9.63. The predicted octanol–water partition coefficient (Wildman–Crippen LogP) is 2.68. The summed E-state index contributed by atoms with van der Waals surface area (Å²) < 4.78 is 0. The average Bonchev–Trinajstić information content (AvgIpc) is 3.12. The van der Waals surface area contributed by atoms with Crippen LogP contribution in [0.2, 0.25) is 0 Å². The van der Waals surface area contributed by atoms with E-state index < -0.39 is 0 Å². The molecule has 2 aromatic heterocycles. The van der Waals surface area contributed by atoms with Crippen molar-refractivity contribution in [1.82, 2.24) is 4.98 Å². The number of nitrogens with one attached hydrogen (secondary N) is 1. The second-order valence-corrected chi connectivity index (χ2v) is 6.41. The van der Waals surface area contributed by atoms with E-state index in [9.17, 15) is 4.79 Å². The number of nitrogens with two attached hydrogens (primary N) is 2. The number of aliphatic imine (C=N–C) groups is 1. The lowest BCUT2D eigenvalue weighted by Crippen LogP contribution is -2.25. The van der Waals surface area contributed by atoms with Crippen LogP contribution in [0.4, 0.5) is 5.69 Å². The summed E-state index contributed by atoms with van der Waals surface area (Å²) in [7, 11) is 0. The van der Waals surface area contributed by atoms with Crippen molar-refractivity contribution in [1.29, 1.82) is 0 Å². The van der Waals surface area contributed by atoms with Crippen molar-refractivity contribution in [2.24, 2.45) is 16.5 Å². The molecular formula is C18H19N5OS. The molecule has 0 aliphatic rings. The Morgan fingerprint density at radius 1 is 1.24 bits per heavy atom. The molecule has 6 nitrogen and oxygen atoms in total. The first-order chi connectivity index (χ1) is 12.1. The van der Waals surface area contributed by atoms with Gasteiger partial charge < -0.3 is 16.8 Å². The van der Waals surface area contributed by atoms with Crippen LogP contribution in [-0.4, -0.2) is 23.4 Å². The molecule has 2 heterocycles. The Kier molecular flexibility index (Phi) is 5.25. The van der Waals surface area contributed by atoms with Crippen molar-refractivity contribution in [2.75, 3.05) is 11.9 Å². The summed E-state index contributed by atoms with van der Waals surface area (Å²) in [5.74, 6) is -0.340. The topological polar surface area (TPSA) is 106 Å². The molecule has 0 saturated heterocycles. The first kappa shape index (κ1) is 16.9. The van der Waals surface area contributed by atoms with Gasteiger partial charge in [-0.15, -0.1) is 0 Å². The van der Waals surface area contributed by atoms with Crippen molar-refractivity contribution in [3.63, 3.8) is 0 Å². The van der Waals surface area contributed by atoms with Gasteiger partial charge in [-0.05, 0) is 52.4 Å². The highest BCUT2D eigenvalue weighted by Crippen LogP contribution is 2.25. The van der Waals surface area contributed by atoms with Gasteiger partial charge in [0.15, 0.2) is 5.96 Å². The summed E-state index contributed by atoms with van der Waals surface area (Å²) in [4.78, 5) is 20.9. The molecule has 0 bridgehead atoms. The second kappa shape index (κ2) is 7.76. The normalized spacial score (nSPS) is 11.8. The van der Waals surface area contributed by atoms with Crippen LogP contribution in [0, 0.1) is 0 Å². The van der Waals surface area contributed by atoms with Gasteiger partial charge in [0.25, 0.3) is 0 Å². The summed E-state index contributed by atoms with van der Waals surface area (Å²) in [6.07, 6.45) is 4.07. The van der Waals surface area contributed by atoms with E-state index in [1.807, 2.05) is 41.1 Å². The lowest BCUT2D eigenvalue weighted by molar-refractivity contribution is -0.117. The van der Waals surface area contributed by atoms with Crippen LogP contribution in [0.3, 0.4) is 0 Å². The number of hydrogen-bond donors (Lipinski definition) is 3. The van der Waals surface area contributed by atoms with Crippen LogP contribution in [-0.2, 0) is 4.79 Å². The van der Waals surface area contributed by atoms with Crippen LogP contribution in [0.25, 0.3) is 10.8 Å². The number of rotatable bonds is 6. The fourth-order valence-electron chi connectivity index (χ4n) is 2.64. The molecule has 25 heavy (non-hydrogen) atoms. The molecule has 0 spiro atoms. The number of benzene rings is 1. The number of pyridine rings is 1. The maximum Gasteiger partial charge on any atom is 0.232 e. The molecule has 0 aliphatic heterocycles. The van der Waals surface area contributed by atoms with Crippen LogP contribution in [0.15, 0.2) is 58.5 Å². The molecular weight excluding hydrogens is 334 g/mol. The minimum atomic E-state index is -0.303. The third-order valence-corrected chi connectivity index (χ3v) is 4.58. The van der Waals surface area contributed by atoms with E-state index in [0.717, 1.165) is 22.0 Å². The van der Waals surface area contributed by atoms with Gasteiger partial charge in [-0.3, -0.25) is 14.8 Å². The SMILES string of the molecule is NC(N)=NCCC(C(=O)Nc1ccc2cnccc2c1)c1ccsc1. The quantitative estimate of drug-likeness (QED) is 0.468. The third-order valence-electron chi connectivity index (χ3n) is 3.88. The van der Waals surface area contributed by atoms with Gasteiger partial charge in [0.2, 0.25) is 5.91 Å². The number of hydrogen-bond acceptors (Lipinski definition) is 4. The molecule has 1 unspecified atom stereocenters. The Balaban J connectivity index is 1.77. The molecule has 0 fully saturated rings. The van der Waals surface area contributed by atoms with Crippen LogP contribution >= 0.6 is 11.3 Å². The molecule has 3 aromatic rings. The van der Waals surface area contributed by atoms with Gasteiger partial charge in [0, 0.05) is 30.0 Å². The lowest BCUT2D eigenvalue weighted by atomic mass is 9.97. The monoisotopic (exact) mass is 353 g/mol. The molecule has 0 aliphatic carbocycles. The molecule has 1 atom stereocenters. The number of amides is 1. The molecule has 128 valence electrons. The van der Waals surface area contributed by atoms with E-state index in [1.165, 1.54) is 0 Å². The number of anilines is 1. The van der Waals surface area contributed by atoms with Gasteiger partial charge >= 0.3 is 0 Å². The minimum Gasteiger partial charge on any atom is -0.370 e. The van der Waals surface area contributed by atoms with E-state index in [4.69, 9.17) is 11.5 Å². The number of thiophene rings is 1. The zero-order valence-electron chi connectivity index (χ0n) is 13.6. The number of carbonyl (C=O) groups excluding carboxylic acids is 1. The van der Waals surface area contributed by atoms with Crippen LogP contribution in [0.5, 0.6) is 0 Å². The van der Waals surface area contributed by atoms with Gasteiger partial charge in [-0.1, -0.05) is 6.07 Å². The first-order valence-electron chi connectivity index (χ1n) is 7.85. The summed E-state index contributed by atoms with van der Waals surface area (Å²) >= 11 is 1.56. The average molecular weight is 353 g/mol. The fourth-order valence-corrected chi connectivity index (χ4v) is 3.35. The Hall–Kier alpha value is -2.93. The van der Waals surface area contributed by atoms with E-state index in [0.29, 0.717) is 13.0 Å². The Bertz CT molecular complexity index is 887. The minimum absolute atomic E-state index is 0.0348. The maximum atomic E-state index is 12.8. The summed E-state index contributed by atoms with van der Waals surface area (Å²) in [5.41, 5.74) is 12.5. The summed E-state index contributed by atoms with van der Waals surface area (Å²) in [6.45, 7) is 0.402. The van der Waals surface area contributed by atoms with Crippen LogP contribution in [0.1, 0.15) is 17.9 Å². The smallest absolute Gasteiger partial charge is 0.232 e. The highest BCUT2D eigenvalue weighted by atomic mass is 32.1. The molecule has 3 rings (SSSR count). The number of fused-ring (bicyclic) bond motifs is 1. The molecule has 0 saturated carbocycles. The van der Waals surface area contributed by atoms with E-state index in [2.05, 4.69) is 15.3 Å². The van der Waals surface area contributed by atoms with E-state index in [-0.39, 0.29) is 17.8 Å². The van der Waals surface area contributed by atoms with Gasteiger partial charge in [0.1, 0.15) is 0 Å². The zero-order chi connectivity index (χ0) is 17.6. The Labute approximate surface area is 149 Å². The molecule has 0 radical (unpaired) electrons. The largest absolute Gasteiger partial charge is 0.370 e. The predicted molar refractivity (Wildman–Crippen MR) is 103 cm³/mol. The number of carbonyl (C=O) groups is 1. The van der Waals surface area contributed by atoms with Crippen LogP contribution < -0.4 is 16.8 Å². The molecule has 5 N–H and O–H groups in total. The second-order valence-electron chi connectivity index (χ2n) is 5.63. The van der Waals surface area contributed by atoms with Gasteiger partial charge in [-0.25, -0.2) is 0 Å². The fraction of sp³-hybridized carbons (Fsp3) is 0.167. The molecule has 1 amide bonds. The Morgan fingerprint density at radius 2 is 2.12 bits per heavy atom. The molecule has 7 heteroatoms. The van der Waals surface area contributed by atoms with E-state index >= 15 is 0 Å². The third kappa shape index (κ3) is 4.33. The Morgan fingerprint density at radius 3 is 2.88 bits per heavy atom. The van der Waals surface area contributed by atoms with Gasteiger partial charge in [-0.2, -0.15) is 11.3 Å². The number of guanidine groups is 1. The standard InChI is InChI=1S/C18H19N5OS/c19-18(20)22-7-4-16(14-5-8-25-11-14)17(24)23-15-2-1-13-10-21-6-3-12(13)9-15/h1-3,5-6,8-11,16H,4,7H2,(H,23,24)(H4,19,20,22). The maximum absolute atomic E-state index is 12.8. The van der Waals surface area contributed by atoms with Crippen molar-refractivity contribution in [2.45, 2.75) is 12.3 Å². The summed E-state index contributed by atoms with van der Waals surface area (Å²) in [5, 5.41) is 8.99. The van der Waals surface area contributed by atoms with Crippen molar-refractivity contribution >= 4 is 39.7 Å². The highest BCUT2D eigenvalue weighted by Gasteiger charge is 2.21. The van der Waals surface area contributed by atoms with Crippen molar-refractivity contribution < 1.29 is 4.79 Å². The van der Waals surface area contributed by atoms with Gasteiger partial charge in [0.05, 0.1) is 5.92 Å². The van der Waals surface area contributed by atoms with Crippen molar-refractivity contribution in [3.05, 3.63) is 59.0 Å². The van der Waals surface area contributed by atoms with E-state index in [1.54, 1.807) is 23.7 Å². The zero-order valence-corrected chi connectivity index (χ0v) is 14.4. The molecule has 1 aromatic carbocycles. The number of nitrogens with zero attached hydrogens (tertiary/aromatic N) is 2. The number of aromatic nitrogens is 1. The van der Waals surface area contributed by atoms with Crippen molar-refractivity contribution in [3.8, 4) is 0 Å². The lowest BCUT2D eigenvalue weighted by Gasteiger charge is -2.15. The first-order valence-corrected chi connectivity index (χ1v) is 8.80. The highest BCUT2D eigenvalue weighted by molar-refractivity contribution is 7.08.